The lowest BCUT2D eigenvalue weighted by Gasteiger charge is -2.15. The van der Waals surface area contributed by atoms with Crippen molar-refractivity contribution in [2.75, 3.05) is 7.11 Å². The number of methoxy groups -OCH3 is 1. The van der Waals surface area contributed by atoms with Crippen molar-refractivity contribution in [3.63, 3.8) is 0 Å². The number of hydrogen-bond donors (Lipinski definition) is 0. The Morgan fingerprint density at radius 3 is 2.67 bits per heavy atom. The summed E-state index contributed by atoms with van der Waals surface area (Å²) in [6.07, 6.45) is 1.83. The second kappa shape index (κ2) is 7.36. The Balaban J connectivity index is 2.03. The first-order chi connectivity index (χ1) is 11.7. The second-order valence-electron chi connectivity index (χ2n) is 5.21. The van der Waals surface area contributed by atoms with Crippen LogP contribution in [-0.4, -0.2) is 22.6 Å². The fourth-order valence-corrected chi connectivity index (χ4v) is 3.69. The molecule has 0 radical (unpaired) electrons. The number of carbonyl (C=O) groups is 1. The monoisotopic (exact) mass is 338 g/mol. The van der Waals surface area contributed by atoms with Gasteiger partial charge in [0.1, 0.15) is 5.25 Å². The molecule has 0 aliphatic carbocycles. The standard InChI is InChI=1S/C19H18N2O2S/c1-3-13-21-16-12-8-7-11-15(16)20-19(21)24-17(18(22)23-2)14-9-5-4-6-10-14/h3-12,17H,1,13H2,2H3. The minimum Gasteiger partial charge on any atom is -0.468 e. The highest BCUT2D eigenvalue weighted by molar-refractivity contribution is 8.00. The van der Waals surface area contributed by atoms with Crippen LogP contribution in [0.5, 0.6) is 0 Å². The van der Waals surface area contributed by atoms with E-state index in [1.165, 1.54) is 18.9 Å². The zero-order valence-corrected chi connectivity index (χ0v) is 14.2. The predicted octanol–water partition coefficient (Wildman–Crippen LogP) is 4.23. The van der Waals surface area contributed by atoms with Crippen LogP contribution in [0.25, 0.3) is 11.0 Å². The first-order valence-corrected chi connectivity index (χ1v) is 8.48. The molecule has 0 fully saturated rings. The molecular weight excluding hydrogens is 320 g/mol. The zero-order valence-electron chi connectivity index (χ0n) is 13.4. The van der Waals surface area contributed by atoms with E-state index in [0.717, 1.165) is 21.8 Å². The molecule has 1 aromatic heterocycles. The van der Waals surface area contributed by atoms with Crippen molar-refractivity contribution in [2.45, 2.75) is 17.0 Å². The number of aromatic nitrogens is 2. The number of esters is 1. The van der Waals surface area contributed by atoms with Crippen LogP contribution in [0, 0.1) is 0 Å². The summed E-state index contributed by atoms with van der Waals surface area (Å²) in [6, 6.07) is 17.5. The maximum Gasteiger partial charge on any atom is 0.323 e. The first kappa shape index (κ1) is 16.3. The Morgan fingerprint density at radius 1 is 1.25 bits per heavy atom. The number of benzene rings is 2. The van der Waals surface area contributed by atoms with E-state index in [4.69, 9.17) is 4.74 Å². The Morgan fingerprint density at radius 2 is 1.96 bits per heavy atom. The number of carbonyl (C=O) groups excluding carboxylic acids is 1. The van der Waals surface area contributed by atoms with E-state index >= 15 is 0 Å². The lowest BCUT2D eigenvalue weighted by molar-refractivity contribution is -0.140. The number of rotatable bonds is 6. The van der Waals surface area contributed by atoms with Gasteiger partial charge in [0, 0.05) is 6.54 Å². The van der Waals surface area contributed by atoms with Gasteiger partial charge in [0.15, 0.2) is 5.16 Å². The number of ether oxygens (including phenoxy) is 1. The summed E-state index contributed by atoms with van der Waals surface area (Å²) in [7, 11) is 1.41. The molecule has 0 saturated carbocycles. The van der Waals surface area contributed by atoms with E-state index in [-0.39, 0.29) is 5.97 Å². The topological polar surface area (TPSA) is 44.1 Å². The molecule has 5 heteroatoms. The molecule has 3 aromatic rings. The zero-order chi connectivity index (χ0) is 16.9. The lowest BCUT2D eigenvalue weighted by atomic mass is 10.1. The average molecular weight is 338 g/mol. The van der Waals surface area contributed by atoms with Crippen LogP contribution < -0.4 is 0 Å². The highest BCUT2D eigenvalue weighted by Crippen LogP contribution is 2.37. The van der Waals surface area contributed by atoms with Crippen LogP contribution in [0.2, 0.25) is 0 Å². The van der Waals surface area contributed by atoms with Crippen LogP contribution in [0.1, 0.15) is 10.8 Å². The molecule has 0 amide bonds. The number of para-hydroxylation sites is 2. The van der Waals surface area contributed by atoms with Gasteiger partial charge in [-0.25, -0.2) is 4.98 Å². The van der Waals surface area contributed by atoms with Gasteiger partial charge >= 0.3 is 5.97 Å². The van der Waals surface area contributed by atoms with Gasteiger partial charge in [-0.15, -0.1) is 6.58 Å². The molecule has 2 aromatic carbocycles. The van der Waals surface area contributed by atoms with Crippen LogP contribution in [0.3, 0.4) is 0 Å². The van der Waals surface area contributed by atoms with Gasteiger partial charge in [-0.1, -0.05) is 60.3 Å². The van der Waals surface area contributed by atoms with E-state index in [1.54, 1.807) is 0 Å². The van der Waals surface area contributed by atoms with Gasteiger partial charge in [-0.2, -0.15) is 0 Å². The van der Waals surface area contributed by atoms with Crippen molar-refractivity contribution < 1.29 is 9.53 Å². The fourth-order valence-electron chi connectivity index (χ4n) is 2.54. The smallest absolute Gasteiger partial charge is 0.323 e. The first-order valence-electron chi connectivity index (χ1n) is 7.60. The van der Waals surface area contributed by atoms with E-state index in [9.17, 15) is 4.79 Å². The number of fused-ring (bicyclic) bond motifs is 1. The molecule has 4 nitrogen and oxygen atoms in total. The third-order valence-corrected chi connectivity index (χ3v) is 4.89. The maximum absolute atomic E-state index is 12.3. The van der Waals surface area contributed by atoms with E-state index < -0.39 is 5.25 Å². The van der Waals surface area contributed by atoms with Gasteiger partial charge in [-0.3, -0.25) is 4.79 Å². The van der Waals surface area contributed by atoms with Crippen molar-refractivity contribution in [3.05, 3.63) is 72.8 Å². The molecule has 1 atom stereocenters. The molecular formula is C19H18N2O2S. The second-order valence-corrected chi connectivity index (χ2v) is 6.29. The lowest BCUT2D eigenvalue weighted by Crippen LogP contribution is -2.12. The third-order valence-electron chi connectivity index (χ3n) is 3.67. The number of allylic oxidation sites excluding steroid dienone is 1. The van der Waals surface area contributed by atoms with Gasteiger partial charge in [-0.05, 0) is 17.7 Å². The SMILES string of the molecule is C=CCn1c(SC(C(=O)OC)c2ccccc2)nc2ccccc21. The number of nitrogens with zero attached hydrogens (tertiary/aromatic N) is 2. The van der Waals surface area contributed by atoms with Crippen LogP contribution in [0.4, 0.5) is 0 Å². The van der Waals surface area contributed by atoms with E-state index in [0.29, 0.717) is 6.54 Å². The van der Waals surface area contributed by atoms with Gasteiger partial charge < -0.3 is 9.30 Å². The third kappa shape index (κ3) is 3.21. The molecule has 0 saturated heterocycles. The van der Waals surface area contributed by atoms with Crippen LogP contribution >= 0.6 is 11.8 Å². The Labute approximate surface area is 145 Å². The Kier molecular flexibility index (Phi) is 5.01. The molecule has 0 aliphatic rings. The van der Waals surface area contributed by atoms with Crippen molar-refractivity contribution >= 4 is 28.8 Å². The minimum absolute atomic E-state index is 0.289. The fraction of sp³-hybridized carbons (Fsp3) is 0.158. The minimum atomic E-state index is -0.462. The Hall–Kier alpha value is -2.53. The van der Waals surface area contributed by atoms with E-state index in [2.05, 4.69) is 16.1 Å². The molecule has 0 bridgehead atoms. The summed E-state index contributed by atoms with van der Waals surface area (Å²) in [6.45, 7) is 4.45. The summed E-state index contributed by atoms with van der Waals surface area (Å²) < 4.78 is 7.06. The van der Waals surface area contributed by atoms with Crippen molar-refractivity contribution in [1.82, 2.24) is 9.55 Å². The van der Waals surface area contributed by atoms with Crippen molar-refractivity contribution in [1.29, 1.82) is 0 Å². The largest absolute Gasteiger partial charge is 0.468 e. The van der Waals surface area contributed by atoms with Crippen molar-refractivity contribution in [3.8, 4) is 0 Å². The summed E-state index contributed by atoms with van der Waals surface area (Å²) in [4.78, 5) is 17.0. The maximum atomic E-state index is 12.3. The van der Waals surface area contributed by atoms with Gasteiger partial charge in [0.05, 0.1) is 18.1 Å². The Bertz CT molecular complexity index is 858. The molecule has 1 heterocycles. The molecule has 24 heavy (non-hydrogen) atoms. The number of hydrogen-bond acceptors (Lipinski definition) is 4. The normalized spacial score (nSPS) is 12.0. The van der Waals surface area contributed by atoms with Crippen LogP contribution in [-0.2, 0) is 16.1 Å². The summed E-state index contributed by atoms with van der Waals surface area (Å²) in [5.41, 5.74) is 2.82. The molecule has 0 aliphatic heterocycles. The molecule has 3 rings (SSSR count). The summed E-state index contributed by atoms with van der Waals surface area (Å²) in [5, 5.41) is 0.312. The van der Waals surface area contributed by atoms with Crippen molar-refractivity contribution in [2.24, 2.45) is 0 Å². The highest BCUT2D eigenvalue weighted by Gasteiger charge is 2.25. The van der Waals surface area contributed by atoms with E-state index in [1.807, 2.05) is 60.7 Å². The number of imidazole rings is 1. The summed E-state index contributed by atoms with van der Waals surface area (Å²) in [5.74, 6) is -0.289. The highest BCUT2D eigenvalue weighted by atomic mass is 32.2. The molecule has 0 spiro atoms. The predicted molar refractivity (Wildman–Crippen MR) is 97.0 cm³/mol. The van der Waals surface area contributed by atoms with Gasteiger partial charge in [0.25, 0.3) is 0 Å². The number of thioether (sulfide) groups is 1. The quantitative estimate of drug-likeness (QED) is 0.383. The summed E-state index contributed by atoms with van der Waals surface area (Å²) >= 11 is 1.40. The van der Waals surface area contributed by atoms with Gasteiger partial charge in [0.2, 0.25) is 0 Å². The molecule has 122 valence electrons. The van der Waals surface area contributed by atoms with Crippen LogP contribution in [0.15, 0.2) is 72.4 Å². The average Bonchev–Trinajstić information content (AvgIpc) is 2.98. The molecule has 1 unspecified atom stereocenters. The molecule has 0 N–H and O–H groups in total.